The molecule has 26 heavy (non-hydrogen) atoms. The Kier molecular flexibility index (Phi) is 4.78. The van der Waals surface area contributed by atoms with Crippen LogP contribution in [0.15, 0.2) is 53.9 Å². The van der Waals surface area contributed by atoms with Crippen molar-refractivity contribution in [2.24, 2.45) is 0 Å². The second-order valence-corrected chi connectivity index (χ2v) is 7.87. The third-order valence-electron chi connectivity index (χ3n) is 4.14. The molecule has 1 amide bonds. The van der Waals surface area contributed by atoms with Gasteiger partial charge in [-0.3, -0.25) is 4.79 Å². The number of carbonyl (C=O) groups excluding carboxylic acids is 1. The van der Waals surface area contributed by atoms with E-state index in [2.05, 4.69) is 50.7 Å². The van der Waals surface area contributed by atoms with Gasteiger partial charge in [-0.15, -0.1) is 11.3 Å². The number of hydrogen-bond donors (Lipinski definition) is 2. The number of fused-ring (bicyclic) bond motifs is 3. The summed E-state index contributed by atoms with van der Waals surface area (Å²) in [4.78, 5) is 17.3. The molecule has 0 bridgehead atoms. The van der Waals surface area contributed by atoms with Crippen molar-refractivity contribution in [3.05, 3.63) is 63.0 Å². The van der Waals surface area contributed by atoms with Gasteiger partial charge in [0, 0.05) is 20.9 Å². The van der Waals surface area contributed by atoms with Gasteiger partial charge in [-0.1, -0.05) is 24.3 Å². The van der Waals surface area contributed by atoms with Crippen molar-refractivity contribution >= 4 is 72.3 Å². The van der Waals surface area contributed by atoms with Crippen LogP contribution < -0.4 is 10.6 Å². The van der Waals surface area contributed by atoms with Crippen LogP contribution in [0.1, 0.15) is 17.3 Å². The summed E-state index contributed by atoms with van der Waals surface area (Å²) in [6.07, 6.45) is 0. The molecule has 0 unspecified atom stereocenters. The average molecular weight is 473 g/mol. The largest absolute Gasteiger partial charge is 0.352 e. The Morgan fingerprint density at radius 3 is 2.77 bits per heavy atom. The van der Waals surface area contributed by atoms with Crippen LogP contribution in [0.3, 0.4) is 0 Å². The molecule has 0 aliphatic heterocycles. The van der Waals surface area contributed by atoms with Crippen LogP contribution in [-0.4, -0.2) is 17.4 Å². The van der Waals surface area contributed by atoms with Crippen LogP contribution in [0.5, 0.6) is 0 Å². The smallest absolute Gasteiger partial charge is 0.253 e. The van der Waals surface area contributed by atoms with Crippen molar-refractivity contribution < 1.29 is 4.79 Å². The Morgan fingerprint density at radius 1 is 1.12 bits per heavy atom. The lowest BCUT2D eigenvalue weighted by Gasteiger charge is -2.12. The molecule has 0 radical (unpaired) electrons. The molecule has 2 heterocycles. The van der Waals surface area contributed by atoms with Crippen LogP contribution in [0, 0.1) is 3.57 Å². The van der Waals surface area contributed by atoms with Gasteiger partial charge in [0.15, 0.2) is 0 Å². The number of aromatic nitrogens is 1. The van der Waals surface area contributed by atoms with Gasteiger partial charge < -0.3 is 10.6 Å². The molecule has 4 rings (SSSR count). The monoisotopic (exact) mass is 473 g/mol. The topological polar surface area (TPSA) is 54.0 Å². The van der Waals surface area contributed by atoms with Crippen molar-refractivity contribution in [3.8, 4) is 0 Å². The fourth-order valence-electron chi connectivity index (χ4n) is 2.96. The van der Waals surface area contributed by atoms with Crippen molar-refractivity contribution in [1.29, 1.82) is 0 Å². The van der Waals surface area contributed by atoms with Crippen LogP contribution in [-0.2, 0) is 0 Å². The Bertz CT molecular complexity index is 1120. The minimum Gasteiger partial charge on any atom is -0.352 e. The molecule has 4 nitrogen and oxygen atoms in total. The highest BCUT2D eigenvalue weighted by molar-refractivity contribution is 14.1. The number of carbonyl (C=O) groups is 1. The van der Waals surface area contributed by atoms with E-state index in [-0.39, 0.29) is 5.91 Å². The number of anilines is 2. The number of thiophene rings is 1. The van der Waals surface area contributed by atoms with Gasteiger partial charge in [0.2, 0.25) is 0 Å². The van der Waals surface area contributed by atoms with Gasteiger partial charge >= 0.3 is 0 Å². The molecule has 130 valence electrons. The first kappa shape index (κ1) is 17.2. The first-order valence-corrected chi connectivity index (χ1v) is 10.2. The molecular formula is C20H16IN3OS. The predicted molar refractivity (Wildman–Crippen MR) is 118 cm³/mol. The van der Waals surface area contributed by atoms with Gasteiger partial charge in [-0.05, 0) is 59.2 Å². The zero-order chi connectivity index (χ0) is 18.1. The number of halogens is 1. The van der Waals surface area contributed by atoms with Crippen LogP contribution in [0.2, 0.25) is 0 Å². The summed E-state index contributed by atoms with van der Waals surface area (Å²) in [5.41, 5.74) is 2.33. The zero-order valence-corrected chi connectivity index (χ0v) is 17.0. The predicted octanol–water partition coefficient (Wildman–Crippen LogP) is 5.55. The van der Waals surface area contributed by atoms with Gasteiger partial charge in [-0.25, -0.2) is 4.98 Å². The molecular weight excluding hydrogens is 457 g/mol. The standard InChI is InChI=1S/C20H16IN3OS/c1-2-22-20(25)14-7-5-6-12-13-10-11-26-18(13)19(24-17(12)14)23-16-9-4-3-8-15(16)21/h3-11H,2H2,1H3,(H,22,25)(H,23,24). The van der Waals surface area contributed by atoms with E-state index in [0.29, 0.717) is 12.1 Å². The average Bonchev–Trinajstić information content (AvgIpc) is 3.14. The van der Waals surface area contributed by atoms with Crippen molar-refractivity contribution in [2.45, 2.75) is 6.92 Å². The summed E-state index contributed by atoms with van der Waals surface area (Å²) < 4.78 is 2.21. The van der Waals surface area contributed by atoms with Crippen molar-refractivity contribution in [3.63, 3.8) is 0 Å². The van der Waals surface area contributed by atoms with Crippen LogP contribution in [0.4, 0.5) is 11.5 Å². The number of rotatable bonds is 4. The summed E-state index contributed by atoms with van der Waals surface area (Å²) >= 11 is 3.96. The number of amides is 1. The Hall–Kier alpha value is -2.19. The quantitative estimate of drug-likeness (QED) is 0.383. The van der Waals surface area contributed by atoms with E-state index in [1.165, 1.54) is 0 Å². The molecule has 0 saturated heterocycles. The summed E-state index contributed by atoms with van der Waals surface area (Å²) in [5.74, 6) is 0.684. The molecule has 6 heteroatoms. The second kappa shape index (κ2) is 7.20. The second-order valence-electron chi connectivity index (χ2n) is 5.79. The lowest BCUT2D eigenvalue weighted by Crippen LogP contribution is -2.23. The Balaban J connectivity index is 1.94. The number of nitrogens with one attached hydrogen (secondary N) is 2. The van der Waals surface area contributed by atoms with E-state index in [1.54, 1.807) is 11.3 Å². The van der Waals surface area contributed by atoms with Crippen LogP contribution >= 0.6 is 33.9 Å². The molecule has 2 N–H and O–H groups in total. The van der Waals surface area contributed by atoms with Gasteiger partial charge in [0.25, 0.3) is 5.91 Å². The Morgan fingerprint density at radius 2 is 1.96 bits per heavy atom. The first-order chi connectivity index (χ1) is 12.7. The lowest BCUT2D eigenvalue weighted by molar-refractivity contribution is 0.0957. The van der Waals surface area contributed by atoms with E-state index in [4.69, 9.17) is 4.98 Å². The molecule has 0 spiro atoms. The minimum atomic E-state index is -0.0968. The molecule has 4 aromatic rings. The molecule has 0 fully saturated rings. The maximum absolute atomic E-state index is 12.5. The molecule has 2 aromatic heterocycles. The number of nitrogens with zero attached hydrogens (tertiary/aromatic N) is 1. The fourth-order valence-corrected chi connectivity index (χ4v) is 4.34. The number of pyridine rings is 1. The minimum absolute atomic E-state index is 0.0968. The summed E-state index contributed by atoms with van der Waals surface area (Å²) in [6.45, 7) is 2.50. The SMILES string of the molecule is CCNC(=O)c1cccc2c1nc(Nc1ccccc1I)c1sccc12. The van der Waals surface area contributed by atoms with E-state index in [0.717, 1.165) is 36.1 Å². The third-order valence-corrected chi connectivity index (χ3v) is 6.00. The zero-order valence-electron chi connectivity index (χ0n) is 14.0. The highest BCUT2D eigenvalue weighted by Crippen LogP contribution is 2.36. The van der Waals surface area contributed by atoms with E-state index < -0.39 is 0 Å². The molecule has 0 saturated carbocycles. The highest BCUT2D eigenvalue weighted by atomic mass is 127. The van der Waals surface area contributed by atoms with Gasteiger partial charge in [0.05, 0.1) is 21.5 Å². The maximum atomic E-state index is 12.5. The lowest BCUT2D eigenvalue weighted by atomic mass is 10.1. The van der Waals surface area contributed by atoms with Crippen molar-refractivity contribution in [2.75, 3.05) is 11.9 Å². The third kappa shape index (κ3) is 3.03. The number of para-hydroxylation sites is 2. The summed E-state index contributed by atoms with van der Waals surface area (Å²) in [5, 5.41) is 10.5. The van der Waals surface area contributed by atoms with Crippen molar-refractivity contribution in [1.82, 2.24) is 10.3 Å². The summed E-state index contributed by atoms with van der Waals surface area (Å²) in [7, 11) is 0. The van der Waals surface area contributed by atoms with E-state index in [9.17, 15) is 4.79 Å². The highest BCUT2D eigenvalue weighted by Gasteiger charge is 2.16. The Labute approximate surface area is 168 Å². The molecule has 0 atom stereocenters. The molecule has 0 aliphatic carbocycles. The summed E-state index contributed by atoms with van der Waals surface area (Å²) in [6, 6.07) is 15.9. The van der Waals surface area contributed by atoms with Gasteiger partial charge in [0.1, 0.15) is 5.82 Å². The normalized spacial score (nSPS) is 11.0. The van der Waals surface area contributed by atoms with E-state index >= 15 is 0 Å². The maximum Gasteiger partial charge on any atom is 0.253 e. The van der Waals surface area contributed by atoms with Crippen LogP contribution in [0.25, 0.3) is 21.0 Å². The van der Waals surface area contributed by atoms with E-state index in [1.807, 2.05) is 43.3 Å². The molecule has 0 aliphatic rings. The van der Waals surface area contributed by atoms with Gasteiger partial charge in [-0.2, -0.15) is 0 Å². The number of benzene rings is 2. The first-order valence-electron chi connectivity index (χ1n) is 8.28. The fraction of sp³-hybridized carbons (Fsp3) is 0.100. The molecule has 2 aromatic carbocycles. The number of hydrogen-bond acceptors (Lipinski definition) is 4.